The molecule has 184 valence electrons. The van der Waals surface area contributed by atoms with E-state index in [1.807, 2.05) is 60.7 Å². The van der Waals surface area contributed by atoms with Crippen LogP contribution in [0.5, 0.6) is 5.75 Å². The van der Waals surface area contributed by atoms with Gasteiger partial charge in [0, 0.05) is 25.9 Å². The van der Waals surface area contributed by atoms with Gasteiger partial charge < -0.3 is 19.1 Å². The van der Waals surface area contributed by atoms with E-state index in [9.17, 15) is 0 Å². The van der Waals surface area contributed by atoms with Crippen LogP contribution in [0.1, 0.15) is 13.8 Å². The van der Waals surface area contributed by atoms with Gasteiger partial charge in [-0.15, -0.1) is 0 Å². The highest BCUT2D eigenvalue weighted by Crippen LogP contribution is 2.25. The lowest BCUT2D eigenvalue weighted by molar-refractivity contribution is 0.0544. The minimum absolute atomic E-state index is 0.482. The average molecular weight is 476 g/mol. The Kier molecular flexibility index (Phi) is 10.8. The quantitative estimate of drug-likeness (QED) is 0.180. The first kappa shape index (κ1) is 26.0. The van der Waals surface area contributed by atoms with Crippen molar-refractivity contribution in [3.63, 3.8) is 0 Å². The van der Waals surface area contributed by atoms with E-state index >= 15 is 0 Å². The Balaban J connectivity index is 1.47. The number of azo groups is 2. The van der Waals surface area contributed by atoms with E-state index in [-0.39, 0.29) is 0 Å². The Bertz CT molecular complexity index is 1050. The third-order valence-corrected chi connectivity index (χ3v) is 5.15. The smallest absolute Gasteiger partial charge is 0.119 e. The van der Waals surface area contributed by atoms with Crippen LogP contribution in [0.2, 0.25) is 0 Å². The van der Waals surface area contributed by atoms with E-state index in [1.165, 1.54) is 5.69 Å². The maximum absolute atomic E-state index is 5.64. The third-order valence-electron chi connectivity index (χ3n) is 5.15. The van der Waals surface area contributed by atoms with Crippen LogP contribution in [0, 0.1) is 0 Å². The van der Waals surface area contributed by atoms with Crippen LogP contribution in [-0.2, 0) is 9.47 Å². The second-order valence-electron chi connectivity index (χ2n) is 7.55. The van der Waals surface area contributed by atoms with Gasteiger partial charge >= 0.3 is 0 Å². The Labute approximate surface area is 207 Å². The van der Waals surface area contributed by atoms with E-state index < -0.39 is 0 Å². The zero-order valence-electron chi connectivity index (χ0n) is 20.6. The molecule has 0 aromatic heterocycles. The minimum Gasteiger partial charge on any atom is -0.491 e. The number of methoxy groups -OCH3 is 1. The Morgan fingerprint density at radius 2 is 1.00 bits per heavy atom. The van der Waals surface area contributed by atoms with E-state index in [0.717, 1.165) is 41.6 Å². The zero-order chi connectivity index (χ0) is 24.7. The summed E-state index contributed by atoms with van der Waals surface area (Å²) in [6.07, 6.45) is 0. The van der Waals surface area contributed by atoms with Crippen molar-refractivity contribution in [2.45, 2.75) is 13.8 Å². The molecular formula is C27H33N5O3. The molecule has 0 heterocycles. The first-order chi connectivity index (χ1) is 17.2. The van der Waals surface area contributed by atoms with Gasteiger partial charge in [-0.25, -0.2) is 0 Å². The van der Waals surface area contributed by atoms with E-state index in [0.29, 0.717) is 26.4 Å². The van der Waals surface area contributed by atoms with E-state index in [2.05, 4.69) is 51.3 Å². The van der Waals surface area contributed by atoms with Gasteiger partial charge in [-0.3, -0.25) is 0 Å². The van der Waals surface area contributed by atoms with Crippen molar-refractivity contribution < 1.29 is 14.2 Å². The van der Waals surface area contributed by atoms with Crippen molar-refractivity contribution in [2.75, 3.05) is 51.5 Å². The van der Waals surface area contributed by atoms with Crippen molar-refractivity contribution >= 4 is 28.4 Å². The molecule has 0 saturated carbocycles. The topological polar surface area (TPSA) is 80.4 Å². The molecule has 0 N–H and O–H groups in total. The van der Waals surface area contributed by atoms with Crippen LogP contribution < -0.4 is 9.64 Å². The largest absolute Gasteiger partial charge is 0.491 e. The van der Waals surface area contributed by atoms with Crippen molar-refractivity contribution in [3.05, 3.63) is 72.8 Å². The first-order valence-corrected chi connectivity index (χ1v) is 11.8. The van der Waals surface area contributed by atoms with Crippen LogP contribution >= 0.6 is 0 Å². The molecule has 0 atom stereocenters. The molecule has 0 aliphatic heterocycles. The maximum Gasteiger partial charge on any atom is 0.119 e. The predicted molar refractivity (Wildman–Crippen MR) is 139 cm³/mol. The predicted octanol–water partition coefficient (Wildman–Crippen LogP) is 7.41. The van der Waals surface area contributed by atoms with Gasteiger partial charge in [0.1, 0.15) is 12.4 Å². The molecule has 3 aromatic rings. The summed E-state index contributed by atoms with van der Waals surface area (Å²) >= 11 is 0. The molecular weight excluding hydrogens is 442 g/mol. The fourth-order valence-corrected chi connectivity index (χ4v) is 3.21. The monoisotopic (exact) mass is 475 g/mol. The summed E-state index contributed by atoms with van der Waals surface area (Å²) in [6, 6.07) is 23.0. The van der Waals surface area contributed by atoms with Crippen molar-refractivity contribution in [2.24, 2.45) is 20.5 Å². The summed E-state index contributed by atoms with van der Waals surface area (Å²) in [5, 5.41) is 17.2. The highest BCUT2D eigenvalue weighted by Gasteiger charge is 2.01. The number of hydrogen-bond donors (Lipinski definition) is 0. The van der Waals surface area contributed by atoms with Crippen molar-refractivity contribution in [1.29, 1.82) is 0 Å². The lowest BCUT2D eigenvalue weighted by atomic mass is 10.2. The number of nitrogens with zero attached hydrogens (tertiary/aromatic N) is 5. The molecule has 0 amide bonds. The summed E-state index contributed by atoms with van der Waals surface area (Å²) in [7, 11) is 1.65. The number of benzene rings is 3. The summed E-state index contributed by atoms with van der Waals surface area (Å²) in [6.45, 7) is 8.40. The molecule has 0 spiro atoms. The van der Waals surface area contributed by atoms with Crippen LogP contribution in [0.3, 0.4) is 0 Å². The van der Waals surface area contributed by atoms with Crippen LogP contribution in [0.4, 0.5) is 28.4 Å². The second kappa shape index (κ2) is 14.6. The SMILES string of the molecule is CCN(CC)c1ccc(N=Nc2ccc(N=Nc3ccc(OCCOCCOC)cc3)cc2)cc1. The van der Waals surface area contributed by atoms with Gasteiger partial charge in [-0.05, 0) is 86.6 Å². The van der Waals surface area contributed by atoms with Crippen LogP contribution in [0.25, 0.3) is 0 Å². The molecule has 0 unspecified atom stereocenters. The number of rotatable bonds is 14. The second-order valence-corrected chi connectivity index (χ2v) is 7.55. The molecule has 0 saturated heterocycles. The number of ether oxygens (including phenoxy) is 3. The first-order valence-electron chi connectivity index (χ1n) is 11.8. The van der Waals surface area contributed by atoms with Gasteiger partial charge in [-0.2, -0.15) is 20.5 Å². The molecule has 0 fully saturated rings. The van der Waals surface area contributed by atoms with Gasteiger partial charge in [0.2, 0.25) is 0 Å². The van der Waals surface area contributed by atoms with Crippen molar-refractivity contribution in [1.82, 2.24) is 0 Å². The highest BCUT2D eigenvalue weighted by atomic mass is 16.5. The van der Waals surface area contributed by atoms with Gasteiger partial charge in [0.15, 0.2) is 0 Å². The van der Waals surface area contributed by atoms with Gasteiger partial charge in [-0.1, -0.05) is 0 Å². The van der Waals surface area contributed by atoms with E-state index in [1.54, 1.807) is 7.11 Å². The highest BCUT2D eigenvalue weighted by molar-refractivity contribution is 5.53. The Morgan fingerprint density at radius 1 is 0.571 bits per heavy atom. The summed E-state index contributed by atoms with van der Waals surface area (Å²) in [5.41, 5.74) is 4.24. The molecule has 0 aliphatic carbocycles. The summed E-state index contributed by atoms with van der Waals surface area (Å²) in [5.74, 6) is 0.761. The van der Waals surface area contributed by atoms with Gasteiger partial charge in [0.05, 0.1) is 42.6 Å². The fraction of sp³-hybridized carbons (Fsp3) is 0.333. The molecule has 35 heavy (non-hydrogen) atoms. The summed E-state index contributed by atoms with van der Waals surface area (Å²) in [4.78, 5) is 2.29. The fourth-order valence-electron chi connectivity index (χ4n) is 3.21. The third kappa shape index (κ3) is 8.92. The van der Waals surface area contributed by atoms with Crippen molar-refractivity contribution in [3.8, 4) is 5.75 Å². The normalized spacial score (nSPS) is 11.4. The molecule has 3 rings (SSSR count). The standard InChI is InChI=1S/C27H33N5O3/c1-4-32(5-2)26-14-10-24(11-15-26)30-28-22-6-8-23(9-7-22)29-31-25-12-16-27(17-13-25)35-21-20-34-19-18-33-3/h6-17H,4-5,18-21H2,1-3H3. The summed E-state index contributed by atoms with van der Waals surface area (Å²) < 4.78 is 15.9. The molecule has 0 aliphatic rings. The lowest BCUT2D eigenvalue weighted by Gasteiger charge is -2.20. The van der Waals surface area contributed by atoms with Gasteiger partial charge in [0.25, 0.3) is 0 Å². The van der Waals surface area contributed by atoms with Crippen LogP contribution in [0.15, 0.2) is 93.3 Å². The molecule has 0 bridgehead atoms. The zero-order valence-corrected chi connectivity index (χ0v) is 20.6. The maximum atomic E-state index is 5.64. The average Bonchev–Trinajstić information content (AvgIpc) is 2.91. The number of hydrogen-bond acceptors (Lipinski definition) is 8. The number of anilines is 1. The minimum atomic E-state index is 0.482. The molecule has 3 aromatic carbocycles. The van der Waals surface area contributed by atoms with E-state index in [4.69, 9.17) is 14.2 Å². The molecule has 8 heteroatoms. The Morgan fingerprint density at radius 3 is 1.46 bits per heavy atom. The molecule has 0 radical (unpaired) electrons. The lowest BCUT2D eigenvalue weighted by Crippen LogP contribution is -2.21. The Hall–Kier alpha value is -3.62. The van der Waals surface area contributed by atoms with Crippen LogP contribution in [-0.4, -0.2) is 46.6 Å². The molecule has 8 nitrogen and oxygen atoms in total.